The molecule has 0 unspecified atom stereocenters. The molecule has 0 radical (unpaired) electrons. The van der Waals surface area contributed by atoms with Crippen LogP contribution in [0.4, 0.5) is 5.69 Å². The highest BCUT2D eigenvalue weighted by atomic mass is 16.6. The van der Waals surface area contributed by atoms with Gasteiger partial charge in [-0.2, -0.15) is 0 Å². The average Bonchev–Trinajstić information content (AvgIpc) is 2.72. The number of nitrogens with zero attached hydrogens (tertiary/aromatic N) is 1. The SMILES string of the molecule is COc1cc([C@H](OC)[C@@H](C)C[C@H](OC)[C@H](OC)[C@@H](C)C=O)c(OC)c([N+](=O)[O-])c1. The van der Waals surface area contributed by atoms with Gasteiger partial charge in [0.25, 0.3) is 0 Å². The molecule has 0 aliphatic carbocycles. The van der Waals surface area contributed by atoms with Gasteiger partial charge in [-0.3, -0.25) is 10.1 Å². The smallest absolute Gasteiger partial charge is 0.315 e. The van der Waals surface area contributed by atoms with Gasteiger partial charge in [-0.05, 0) is 18.4 Å². The Labute approximate surface area is 171 Å². The minimum absolute atomic E-state index is 0.119. The molecule has 1 rings (SSSR count). The van der Waals surface area contributed by atoms with Crippen molar-refractivity contribution in [2.75, 3.05) is 35.5 Å². The van der Waals surface area contributed by atoms with Crippen molar-refractivity contribution in [3.63, 3.8) is 0 Å². The van der Waals surface area contributed by atoms with Crippen molar-refractivity contribution in [1.82, 2.24) is 0 Å². The van der Waals surface area contributed by atoms with E-state index in [4.69, 9.17) is 23.7 Å². The molecular weight excluding hydrogens is 382 g/mol. The fraction of sp³-hybridized carbons (Fsp3) is 0.650. The van der Waals surface area contributed by atoms with Gasteiger partial charge < -0.3 is 28.5 Å². The van der Waals surface area contributed by atoms with Crippen LogP contribution in [0.25, 0.3) is 0 Å². The summed E-state index contributed by atoms with van der Waals surface area (Å²) in [6.45, 7) is 3.70. The van der Waals surface area contributed by atoms with Gasteiger partial charge in [0.2, 0.25) is 5.75 Å². The first-order valence-corrected chi connectivity index (χ1v) is 9.23. The number of rotatable bonds is 13. The third-order valence-corrected chi connectivity index (χ3v) is 5.06. The van der Waals surface area contributed by atoms with Crippen LogP contribution < -0.4 is 9.47 Å². The lowest BCUT2D eigenvalue weighted by atomic mass is 9.87. The van der Waals surface area contributed by atoms with Crippen molar-refractivity contribution in [3.8, 4) is 11.5 Å². The molecule has 9 heteroatoms. The lowest BCUT2D eigenvalue weighted by Gasteiger charge is -2.32. The topological polar surface area (TPSA) is 106 Å². The number of hydrogen-bond donors (Lipinski definition) is 0. The molecule has 5 atom stereocenters. The molecule has 0 spiro atoms. The molecule has 0 N–H and O–H groups in total. The molecule has 0 saturated carbocycles. The number of ether oxygens (including phenoxy) is 5. The van der Waals surface area contributed by atoms with Crippen LogP contribution in [0.15, 0.2) is 12.1 Å². The van der Waals surface area contributed by atoms with Crippen LogP contribution in [-0.4, -0.2) is 59.0 Å². The van der Waals surface area contributed by atoms with Crippen LogP contribution in [0, 0.1) is 22.0 Å². The molecule has 0 aliphatic heterocycles. The molecule has 1 aromatic carbocycles. The van der Waals surface area contributed by atoms with Crippen LogP contribution in [0.3, 0.4) is 0 Å². The van der Waals surface area contributed by atoms with Gasteiger partial charge in [-0.1, -0.05) is 13.8 Å². The molecule has 0 aromatic heterocycles. The predicted octanol–water partition coefficient (Wildman–Crippen LogP) is 3.19. The zero-order chi connectivity index (χ0) is 22.1. The number of carbonyl (C=O) groups excluding carboxylic acids is 1. The summed E-state index contributed by atoms with van der Waals surface area (Å²) < 4.78 is 27.3. The number of hydrogen-bond acceptors (Lipinski definition) is 8. The summed E-state index contributed by atoms with van der Waals surface area (Å²) in [5, 5.41) is 11.5. The molecule has 29 heavy (non-hydrogen) atoms. The summed E-state index contributed by atoms with van der Waals surface area (Å²) in [7, 11) is 7.42. The highest BCUT2D eigenvalue weighted by Crippen LogP contribution is 2.43. The first kappa shape index (κ1) is 24.8. The van der Waals surface area contributed by atoms with Gasteiger partial charge in [0.1, 0.15) is 12.0 Å². The Balaban J connectivity index is 3.32. The van der Waals surface area contributed by atoms with Crippen LogP contribution in [0.5, 0.6) is 11.5 Å². The highest BCUT2D eigenvalue weighted by molar-refractivity contribution is 5.57. The van der Waals surface area contributed by atoms with Crippen molar-refractivity contribution >= 4 is 12.0 Å². The quantitative estimate of drug-likeness (QED) is 0.276. The lowest BCUT2D eigenvalue weighted by Crippen LogP contribution is -2.38. The molecule has 0 bridgehead atoms. The third kappa shape index (κ3) is 5.88. The van der Waals surface area contributed by atoms with Gasteiger partial charge >= 0.3 is 5.69 Å². The predicted molar refractivity (Wildman–Crippen MR) is 107 cm³/mol. The van der Waals surface area contributed by atoms with Gasteiger partial charge in [0.05, 0.1) is 43.5 Å². The molecule has 0 saturated heterocycles. The molecular formula is C20H31NO8. The Morgan fingerprint density at radius 3 is 2.10 bits per heavy atom. The molecule has 1 aromatic rings. The van der Waals surface area contributed by atoms with E-state index >= 15 is 0 Å². The minimum atomic E-state index is -0.541. The van der Waals surface area contributed by atoms with Crippen LogP contribution in [0.2, 0.25) is 0 Å². The van der Waals surface area contributed by atoms with Gasteiger partial charge in [0, 0.05) is 32.8 Å². The van der Waals surface area contributed by atoms with E-state index in [0.717, 1.165) is 6.29 Å². The Morgan fingerprint density at radius 1 is 1.03 bits per heavy atom. The lowest BCUT2D eigenvalue weighted by molar-refractivity contribution is -0.385. The van der Waals surface area contributed by atoms with Crippen LogP contribution in [-0.2, 0) is 19.0 Å². The monoisotopic (exact) mass is 413 g/mol. The summed E-state index contributed by atoms with van der Waals surface area (Å²) in [4.78, 5) is 22.2. The van der Waals surface area contributed by atoms with E-state index in [9.17, 15) is 14.9 Å². The normalized spacial score (nSPS) is 16.4. The van der Waals surface area contributed by atoms with Gasteiger partial charge in [0.15, 0.2) is 0 Å². The Kier molecular flexibility index (Phi) is 10.0. The molecule has 0 aliphatic rings. The maximum absolute atomic E-state index is 11.5. The van der Waals surface area contributed by atoms with Gasteiger partial charge in [-0.15, -0.1) is 0 Å². The number of aldehydes is 1. The van der Waals surface area contributed by atoms with E-state index in [1.54, 1.807) is 20.1 Å². The second-order valence-electron chi connectivity index (χ2n) is 6.87. The Hall–Kier alpha value is -2.23. The van der Waals surface area contributed by atoms with Crippen LogP contribution >= 0.6 is 0 Å². The average molecular weight is 413 g/mol. The molecule has 0 fully saturated rings. The van der Waals surface area contributed by atoms with Crippen molar-refractivity contribution in [1.29, 1.82) is 0 Å². The maximum atomic E-state index is 11.5. The summed E-state index contributed by atoms with van der Waals surface area (Å²) in [6, 6.07) is 2.98. The van der Waals surface area contributed by atoms with E-state index < -0.39 is 17.1 Å². The summed E-state index contributed by atoms with van der Waals surface area (Å²) in [5.41, 5.74) is 0.296. The second-order valence-corrected chi connectivity index (χ2v) is 6.87. The maximum Gasteiger partial charge on any atom is 0.315 e. The largest absolute Gasteiger partial charge is 0.496 e. The molecule has 0 amide bonds. The standard InChI is InChI=1S/C20H31NO8/c1-12(8-17(26-4)19(28-6)13(2)11-22)18(27-5)15-9-14(25-3)10-16(21(23)24)20(15)29-7/h9-13,17-19H,8H2,1-7H3/t12-,13-,17-,18+,19+/m0/s1. The third-order valence-electron chi connectivity index (χ3n) is 5.06. The number of methoxy groups -OCH3 is 5. The Morgan fingerprint density at radius 2 is 1.69 bits per heavy atom. The molecule has 9 nitrogen and oxygen atoms in total. The first-order chi connectivity index (χ1) is 13.8. The second kappa shape index (κ2) is 11.7. The number of benzene rings is 1. The van der Waals surface area contributed by atoms with Crippen molar-refractivity contribution in [2.45, 2.75) is 38.6 Å². The fourth-order valence-corrected chi connectivity index (χ4v) is 3.60. The van der Waals surface area contributed by atoms with Crippen LogP contribution in [0.1, 0.15) is 31.9 Å². The van der Waals surface area contributed by atoms with Crippen molar-refractivity contribution < 1.29 is 33.4 Å². The zero-order valence-electron chi connectivity index (χ0n) is 18.0. The van der Waals surface area contributed by atoms with Gasteiger partial charge in [-0.25, -0.2) is 0 Å². The first-order valence-electron chi connectivity index (χ1n) is 9.23. The van der Waals surface area contributed by atoms with E-state index in [2.05, 4.69) is 0 Å². The molecule has 164 valence electrons. The minimum Gasteiger partial charge on any atom is -0.496 e. The van der Waals surface area contributed by atoms with E-state index in [0.29, 0.717) is 17.7 Å². The van der Waals surface area contributed by atoms with E-state index in [1.807, 2.05) is 6.92 Å². The summed E-state index contributed by atoms with van der Waals surface area (Å²) in [5.74, 6) is -0.0601. The van der Waals surface area contributed by atoms with Crippen molar-refractivity contribution in [2.24, 2.45) is 11.8 Å². The zero-order valence-corrected chi connectivity index (χ0v) is 18.0. The van der Waals surface area contributed by atoms with E-state index in [1.165, 1.54) is 34.5 Å². The molecule has 0 heterocycles. The number of carbonyl (C=O) groups is 1. The number of nitro groups is 1. The fourth-order valence-electron chi connectivity index (χ4n) is 3.60. The number of nitro benzene ring substituents is 1. The highest BCUT2D eigenvalue weighted by Gasteiger charge is 2.34. The summed E-state index contributed by atoms with van der Waals surface area (Å²) in [6.07, 6.45) is -0.0358. The van der Waals surface area contributed by atoms with Crippen molar-refractivity contribution in [3.05, 3.63) is 27.8 Å². The van der Waals surface area contributed by atoms with E-state index in [-0.39, 0.29) is 29.4 Å². The summed E-state index contributed by atoms with van der Waals surface area (Å²) >= 11 is 0. The Bertz CT molecular complexity index is 681.